The molecule has 3 rings (SSSR count). The zero-order valence-corrected chi connectivity index (χ0v) is 12.2. The first-order chi connectivity index (χ1) is 9.65. The van der Waals surface area contributed by atoms with Crippen LogP contribution in [0.1, 0.15) is 20.8 Å². The number of thiophene rings is 1. The van der Waals surface area contributed by atoms with Crippen LogP contribution in [0, 0.1) is 6.92 Å². The molecule has 0 aliphatic rings. The highest BCUT2D eigenvalue weighted by molar-refractivity contribution is 7.12. The Balaban J connectivity index is 1.74. The van der Waals surface area contributed by atoms with E-state index in [4.69, 9.17) is 0 Å². The van der Waals surface area contributed by atoms with Gasteiger partial charge in [-0.3, -0.25) is 4.79 Å². The maximum atomic E-state index is 12.0. The molecule has 20 heavy (non-hydrogen) atoms. The fourth-order valence-corrected chi connectivity index (χ4v) is 3.00. The van der Waals surface area contributed by atoms with Crippen LogP contribution in [-0.2, 0) is 13.6 Å². The van der Waals surface area contributed by atoms with Crippen molar-refractivity contribution in [2.45, 2.75) is 13.5 Å². The Hall–Kier alpha value is -2.14. The molecule has 102 valence electrons. The molecule has 0 saturated heterocycles. The van der Waals surface area contributed by atoms with Crippen molar-refractivity contribution in [1.29, 1.82) is 0 Å². The Morgan fingerprint density at radius 3 is 3.00 bits per heavy atom. The molecular formula is C15H15N3OS. The molecule has 2 aromatic heterocycles. The lowest BCUT2D eigenvalue weighted by atomic mass is 10.2. The largest absolute Gasteiger partial charge is 0.347 e. The second-order valence-electron chi connectivity index (χ2n) is 4.79. The summed E-state index contributed by atoms with van der Waals surface area (Å²) in [6.07, 6.45) is 1.79. The third-order valence-electron chi connectivity index (χ3n) is 3.31. The molecule has 3 aromatic rings. The molecule has 0 aliphatic carbocycles. The average molecular weight is 285 g/mol. The third kappa shape index (κ3) is 2.32. The van der Waals surface area contributed by atoms with Gasteiger partial charge in [0, 0.05) is 13.6 Å². The van der Waals surface area contributed by atoms with E-state index >= 15 is 0 Å². The summed E-state index contributed by atoms with van der Waals surface area (Å²) in [6.45, 7) is 2.47. The second kappa shape index (κ2) is 5.09. The van der Waals surface area contributed by atoms with Gasteiger partial charge in [0.25, 0.3) is 5.91 Å². The van der Waals surface area contributed by atoms with Gasteiger partial charge in [-0.25, -0.2) is 4.98 Å². The molecule has 0 atom stereocenters. The molecule has 0 bridgehead atoms. The van der Waals surface area contributed by atoms with Crippen molar-refractivity contribution in [3.05, 3.63) is 52.0 Å². The van der Waals surface area contributed by atoms with Crippen LogP contribution < -0.4 is 5.32 Å². The predicted octanol–water partition coefficient (Wildman–Crippen LogP) is 2.87. The number of imidazole rings is 1. The maximum Gasteiger partial charge on any atom is 0.261 e. The van der Waals surface area contributed by atoms with E-state index in [1.807, 2.05) is 48.2 Å². The predicted molar refractivity (Wildman–Crippen MR) is 80.9 cm³/mol. The Morgan fingerprint density at radius 1 is 1.40 bits per heavy atom. The molecule has 5 heteroatoms. The van der Waals surface area contributed by atoms with Crippen LogP contribution in [0.15, 0.2) is 36.0 Å². The van der Waals surface area contributed by atoms with Crippen LogP contribution in [0.5, 0.6) is 0 Å². The number of fused-ring (bicyclic) bond motifs is 1. The van der Waals surface area contributed by atoms with E-state index in [9.17, 15) is 4.79 Å². The molecule has 1 amide bonds. The van der Waals surface area contributed by atoms with Crippen LogP contribution in [0.2, 0.25) is 0 Å². The van der Waals surface area contributed by atoms with Crippen LogP contribution >= 0.6 is 11.3 Å². The summed E-state index contributed by atoms with van der Waals surface area (Å²) in [5.74, 6) is -0.0152. The topological polar surface area (TPSA) is 46.9 Å². The van der Waals surface area contributed by atoms with Gasteiger partial charge in [0.15, 0.2) is 0 Å². The molecule has 4 nitrogen and oxygen atoms in total. The standard InChI is InChI=1S/C15H15N3OS/c1-10-5-6-20-14(10)15(19)16-8-11-3-4-13-12(7-11)17-9-18(13)2/h3-7,9H,8H2,1-2H3,(H,16,19). The summed E-state index contributed by atoms with van der Waals surface area (Å²) in [4.78, 5) is 17.2. The lowest BCUT2D eigenvalue weighted by Gasteiger charge is -2.05. The van der Waals surface area contributed by atoms with E-state index < -0.39 is 0 Å². The van der Waals surface area contributed by atoms with Crippen molar-refractivity contribution < 1.29 is 4.79 Å². The molecule has 2 heterocycles. The fourth-order valence-electron chi connectivity index (χ4n) is 2.16. The van der Waals surface area contributed by atoms with Crippen LogP contribution in [0.3, 0.4) is 0 Å². The van der Waals surface area contributed by atoms with Crippen LogP contribution in [0.25, 0.3) is 11.0 Å². The summed E-state index contributed by atoms with van der Waals surface area (Å²) < 4.78 is 1.98. The highest BCUT2D eigenvalue weighted by Crippen LogP contribution is 2.16. The van der Waals surface area contributed by atoms with E-state index in [2.05, 4.69) is 10.3 Å². The van der Waals surface area contributed by atoms with Gasteiger partial charge < -0.3 is 9.88 Å². The number of aromatic nitrogens is 2. The quantitative estimate of drug-likeness (QED) is 0.804. The van der Waals surface area contributed by atoms with E-state index in [-0.39, 0.29) is 5.91 Å². The highest BCUT2D eigenvalue weighted by atomic mass is 32.1. The van der Waals surface area contributed by atoms with E-state index in [0.717, 1.165) is 27.0 Å². The highest BCUT2D eigenvalue weighted by Gasteiger charge is 2.10. The Morgan fingerprint density at radius 2 is 2.25 bits per heavy atom. The number of benzene rings is 1. The van der Waals surface area contributed by atoms with Gasteiger partial charge in [-0.1, -0.05) is 6.07 Å². The minimum absolute atomic E-state index is 0.0152. The van der Waals surface area contributed by atoms with Crippen molar-refractivity contribution >= 4 is 28.3 Å². The number of amides is 1. The van der Waals surface area contributed by atoms with Crippen molar-refractivity contribution in [3.63, 3.8) is 0 Å². The Labute approximate surface area is 121 Å². The normalized spacial score (nSPS) is 10.9. The molecule has 0 unspecified atom stereocenters. The number of rotatable bonds is 3. The fraction of sp³-hybridized carbons (Fsp3) is 0.200. The lowest BCUT2D eigenvalue weighted by molar-refractivity contribution is 0.0954. The van der Waals surface area contributed by atoms with Gasteiger partial charge in [-0.15, -0.1) is 11.3 Å². The van der Waals surface area contributed by atoms with Gasteiger partial charge in [0.2, 0.25) is 0 Å². The van der Waals surface area contributed by atoms with Crippen molar-refractivity contribution in [2.24, 2.45) is 7.05 Å². The molecule has 0 saturated carbocycles. The zero-order valence-electron chi connectivity index (χ0n) is 11.4. The number of carbonyl (C=O) groups is 1. The van der Waals surface area contributed by atoms with E-state index in [0.29, 0.717) is 6.54 Å². The number of aryl methyl sites for hydroxylation is 2. The smallest absolute Gasteiger partial charge is 0.261 e. The number of hydrogen-bond donors (Lipinski definition) is 1. The number of nitrogens with zero attached hydrogens (tertiary/aromatic N) is 2. The van der Waals surface area contributed by atoms with Crippen molar-refractivity contribution in [2.75, 3.05) is 0 Å². The lowest BCUT2D eigenvalue weighted by Crippen LogP contribution is -2.22. The monoisotopic (exact) mass is 285 g/mol. The molecule has 0 fully saturated rings. The van der Waals surface area contributed by atoms with E-state index in [1.54, 1.807) is 6.33 Å². The first-order valence-electron chi connectivity index (χ1n) is 6.37. The van der Waals surface area contributed by atoms with Gasteiger partial charge in [-0.2, -0.15) is 0 Å². The molecular weight excluding hydrogens is 270 g/mol. The summed E-state index contributed by atoms with van der Waals surface area (Å²) in [6, 6.07) is 8.02. The third-order valence-corrected chi connectivity index (χ3v) is 4.33. The average Bonchev–Trinajstić information content (AvgIpc) is 3.03. The second-order valence-corrected chi connectivity index (χ2v) is 5.71. The van der Waals surface area contributed by atoms with Gasteiger partial charge in [-0.05, 0) is 41.6 Å². The van der Waals surface area contributed by atoms with Gasteiger partial charge in [0.1, 0.15) is 0 Å². The summed E-state index contributed by atoms with van der Waals surface area (Å²) in [5.41, 5.74) is 4.12. The zero-order chi connectivity index (χ0) is 14.1. The van der Waals surface area contributed by atoms with E-state index in [1.165, 1.54) is 11.3 Å². The minimum atomic E-state index is -0.0152. The summed E-state index contributed by atoms with van der Waals surface area (Å²) >= 11 is 1.47. The molecule has 1 aromatic carbocycles. The Kier molecular flexibility index (Phi) is 3.28. The van der Waals surface area contributed by atoms with Crippen LogP contribution in [0.4, 0.5) is 0 Å². The first kappa shape index (κ1) is 12.9. The number of nitrogens with one attached hydrogen (secondary N) is 1. The maximum absolute atomic E-state index is 12.0. The summed E-state index contributed by atoms with van der Waals surface area (Å²) in [5, 5.41) is 4.89. The Bertz CT molecular complexity index is 772. The molecule has 0 radical (unpaired) electrons. The molecule has 0 aliphatic heterocycles. The van der Waals surface area contributed by atoms with Crippen molar-refractivity contribution in [1.82, 2.24) is 14.9 Å². The summed E-state index contributed by atoms with van der Waals surface area (Å²) in [7, 11) is 1.97. The minimum Gasteiger partial charge on any atom is -0.347 e. The van der Waals surface area contributed by atoms with Crippen molar-refractivity contribution in [3.8, 4) is 0 Å². The van der Waals surface area contributed by atoms with Crippen LogP contribution in [-0.4, -0.2) is 15.5 Å². The number of carbonyl (C=O) groups excluding carboxylic acids is 1. The van der Waals surface area contributed by atoms with Gasteiger partial charge >= 0.3 is 0 Å². The first-order valence-corrected chi connectivity index (χ1v) is 7.25. The SMILES string of the molecule is Cc1ccsc1C(=O)NCc1ccc2c(c1)ncn2C. The molecule has 0 spiro atoms. The molecule has 1 N–H and O–H groups in total. The van der Waals surface area contributed by atoms with Gasteiger partial charge in [0.05, 0.1) is 22.2 Å². The number of hydrogen-bond acceptors (Lipinski definition) is 3.